The molecule has 0 saturated carbocycles. The minimum atomic E-state index is -0.217. The predicted octanol–water partition coefficient (Wildman–Crippen LogP) is 5.70. The third-order valence-electron chi connectivity index (χ3n) is 3.89. The smallest absolute Gasteiger partial charge is 0.151 e. The fraction of sp³-hybridized carbons (Fsp3) is 0.0588. The maximum atomic E-state index is 13.8. The Labute approximate surface area is 168 Å². The minimum Gasteiger partial charge on any atom is -0.268 e. The lowest BCUT2D eigenvalue weighted by Crippen LogP contribution is -2.01. The fourth-order valence-corrected chi connectivity index (χ4v) is 4.31. The van der Waals surface area contributed by atoms with Crippen LogP contribution >= 0.6 is 46.3 Å². The van der Waals surface area contributed by atoms with E-state index in [1.807, 2.05) is 22.4 Å². The third-order valence-corrected chi connectivity index (χ3v) is 6.02. The lowest BCUT2D eigenvalue weighted by atomic mass is 10.1. The summed E-state index contributed by atoms with van der Waals surface area (Å²) >= 11 is 5.72. The lowest BCUT2D eigenvalue weighted by Gasteiger charge is -2.02. The monoisotopic (exact) mass is 528 g/mol. The normalized spacial score (nSPS) is 11.3. The maximum Gasteiger partial charge on any atom is 0.151 e. The summed E-state index contributed by atoms with van der Waals surface area (Å²) in [4.78, 5) is 4.50. The molecule has 0 aliphatic heterocycles. The van der Waals surface area contributed by atoms with Crippen LogP contribution in [-0.2, 0) is 6.54 Å². The Bertz CT molecular complexity index is 1060. The van der Waals surface area contributed by atoms with Crippen molar-refractivity contribution < 1.29 is 4.39 Å². The highest BCUT2D eigenvalue weighted by Gasteiger charge is 2.14. The number of fused-ring (bicyclic) bond motifs is 1. The summed E-state index contributed by atoms with van der Waals surface area (Å²) in [5.41, 5.74) is 3.55. The van der Waals surface area contributed by atoms with Crippen LogP contribution in [0.25, 0.3) is 22.2 Å². The van der Waals surface area contributed by atoms with Crippen molar-refractivity contribution in [3.8, 4) is 11.1 Å². The number of nitrogens with zero attached hydrogens (tertiary/aromatic N) is 4. The zero-order valence-corrected chi connectivity index (χ0v) is 17.3. The van der Waals surface area contributed by atoms with E-state index in [4.69, 9.17) is 0 Å². The Morgan fingerprint density at radius 1 is 1.20 bits per heavy atom. The summed E-state index contributed by atoms with van der Waals surface area (Å²) in [6.45, 7) is 0.397. The van der Waals surface area contributed by atoms with Gasteiger partial charge in [-0.3, -0.25) is 8.65 Å². The van der Waals surface area contributed by atoms with Crippen LogP contribution in [0.1, 0.15) is 5.56 Å². The van der Waals surface area contributed by atoms with Gasteiger partial charge in [0.1, 0.15) is 5.82 Å². The van der Waals surface area contributed by atoms with Crippen molar-refractivity contribution >= 4 is 57.3 Å². The van der Waals surface area contributed by atoms with Gasteiger partial charge in [-0.25, -0.2) is 9.37 Å². The number of hydrogen-bond donors (Lipinski definition) is 0. The van der Waals surface area contributed by atoms with E-state index >= 15 is 0 Å². The molecule has 1 aromatic carbocycles. The molecule has 0 unspecified atom stereocenters. The van der Waals surface area contributed by atoms with Gasteiger partial charge in [0.05, 0.1) is 12.7 Å². The maximum absolute atomic E-state index is 13.8. The van der Waals surface area contributed by atoms with Crippen LogP contribution in [0.5, 0.6) is 0 Å². The van der Waals surface area contributed by atoms with Crippen LogP contribution in [0.2, 0.25) is 0 Å². The Hall–Kier alpha value is -1.39. The number of pyridine rings is 1. The van der Waals surface area contributed by atoms with Crippen LogP contribution in [0, 0.1) is 5.82 Å². The van der Waals surface area contributed by atoms with E-state index in [9.17, 15) is 4.39 Å². The number of benzene rings is 1. The van der Waals surface area contributed by atoms with Gasteiger partial charge >= 0.3 is 0 Å². The van der Waals surface area contributed by atoms with Gasteiger partial charge in [-0.05, 0) is 28.1 Å². The second kappa shape index (κ2) is 7.08. The second-order valence-electron chi connectivity index (χ2n) is 5.48. The van der Waals surface area contributed by atoms with Crippen LogP contribution in [0.3, 0.4) is 0 Å². The van der Waals surface area contributed by atoms with Crippen molar-refractivity contribution in [3.05, 3.63) is 71.0 Å². The summed E-state index contributed by atoms with van der Waals surface area (Å²) in [6, 6.07) is 8.81. The van der Waals surface area contributed by atoms with E-state index in [1.54, 1.807) is 38.3 Å². The van der Waals surface area contributed by atoms with Gasteiger partial charge in [0, 0.05) is 75.5 Å². The molecular formula is C17H11BrFIN4S. The predicted molar refractivity (Wildman–Crippen MR) is 111 cm³/mol. The molecule has 0 spiro atoms. The molecule has 0 radical (unpaired) electrons. The highest BCUT2D eigenvalue weighted by Crippen LogP contribution is 2.34. The summed E-state index contributed by atoms with van der Waals surface area (Å²) in [5, 5.41) is 5.44. The Balaban J connectivity index is 1.74. The van der Waals surface area contributed by atoms with Gasteiger partial charge in [-0.2, -0.15) is 5.10 Å². The largest absolute Gasteiger partial charge is 0.268 e. The van der Waals surface area contributed by atoms with Gasteiger partial charge in [0.25, 0.3) is 0 Å². The summed E-state index contributed by atoms with van der Waals surface area (Å²) in [7, 11) is 1.56. The molecule has 4 aromatic rings. The number of aromatic nitrogens is 4. The molecule has 4 rings (SSSR count). The molecule has 3 aromatic heterocycles. The summed E-state index contributed by atoms with van der Waals surface area (Å²) < 4.78 is 18.5. The topological polar surface area (TPSA) is 35.6 Å². The Morgan fingerprint density at radius 3 is 2.84 bits per heavy atom. The SMILES string of the molecule is Fc1ccccc1Cn1cc(-c2cn(SI)c3ncc(Br)cc23)cn1. The number of hydrogen-bond acceptors (Lipinski definition) is 3. The molecule has 8 heteroatoms. The van der Waals surface area contributed by atoms with Gasteiger partial charge in [-0.1, -0.05) is 18.2 Å². The molecule has 0 aliphatic rings. The van der Waals surface area contributed by atoms with Gasteiger partial charge in [0.15, 0.2) is 5.65 Å². The average Bonchev–Trinajstić information content (AvgIpc) is 3.20. The van der Waals surface area contributed by atoms with Gasteiger partial charge in [-0.15, -0.1) is 0 Å². The first-order chi connectivity index (χ1) is 12.2. The van der Waals surface area contributed by atoms with Crippen molar-refractivity contribution in [1.29, 1.82) is 0 Å². The van der Waals surface area contributed by atoms with E-state index in [-0.39, 0.29) is 5.82 Å². The van der Waals surface area contributed by atoms with E-state index < -0.39 is 0 Å². The molecule has 0 amide bonds. The molecule has 0 bridgehead atoms. The van der Waals surface area contributed by atoms with E-state index in [0.717, 1.165) is 26.6 Å². The van der Waals surface area contributed by atoms with E-state index in [1.165, 1.54) is 6.07 Å². The van der Waals surface area contributed by atoms with Crippen LogP contribution < -0.4 is 0 Å². The Morgan fingerprint density at radius 2 is 2.04 bits per heavy atom. The molecule has 25 heavy (non-hydrogen) atoms. The molecule has 4 nitrogen and oxygen atoms in total. The molecule has 0 N–H and O–H groups in total. The van der Waals surface area contributed by atoms with Gasteiger partial charge in [0.2, 0.25) is 0 Å². The van der Waals surface area contributed by atoms with Crippen molar-refractivity contribution in [2.75, 3.05) is 0 Å². The van der Waals surface area contributed by atoms with Crippen molar-refractivity contribution in [2.24, 2.45) is 0 Å². The quantitative estimate of drug-likeness (QED) is 0.319. The standard InChI is InChI=1S/C17H11BrFIN4S/c18-13-5-14-15(10-24(25-20)17(14)21-7-13)12-6-22-23(9-12)8-11-3-1-2-4-16(11)19/h1-7,9-10H,8H2. The summed E-state index contributed by atoms with van der Waals surface area (Å²) in [6.07, 6.45) is 7.58. The molecular weight excluding hydrogens is 518 g/mol. The first kappa shape index (κ1) is 17.0. The zero-order chi connectivity index (χ0) is 17.4. The molecule has 0 saturated heterocycles. The highest BCUT2D eigenvalue weighted by molar-refractivity contribution is 14.2. The second-order valence-corrected chi connectivity index (χ2v) is 8.11. The van der Waals surface area contributed by atoms with Crippen LogP contribution in [0.15, 0.2) is 59.6 Å². The first-order valence-corrected chi connectivity index (χ1v) is 11.5. The van der Waals surface area contributed by atoms with Crippen LogP contribution in [-0.4, -0.2) is 18.7 Å². The molecule has 0 fully saturated rings. The molecule has 126 valence electrons. The van der Waals surface area contributed by atoms with Crippen molar-refractivity contribution in [1.82, 2.24) is 18.7 Å². The van der Waals surface area contributed by atoms with Crippen molar-refractivity contribution in [3.63, 3.8) is 0 Å². The first-order valence-electron chi connectivity index (χ1n) is 7.37. The van der Waals surface area contributed by atoms with Crippen LogP contribution in [0.4, 0.5) is 4.39 Å². The average molecular weight is 529 g/mol. The zero-order valence-electron chi connectivity index (χ0n) is 12.7. The fourth-order valence-electron chi connectivity index (χ4n) is 2.73. The highest BCUT2D eigenvalue weighted by atomic mass is 127. The number of rotatable bonds is 4. The number of halogens is 3. The third kappa shape index (κ3) is 3.34. The van der Waals surface area contributed by atoms with E-state index in [2.05, 4.69) is 53.3 Å². The minimum absolute atomic E-state index is 0.217. The van der Waals surface area contributed by atoms with Crippen molar-refractivity contribution in [2.45, 2.75) is 6.54 Å². The molecule has 0 aliphatic carbocycles. The Kier molecular flexibility index (Phi) is 4.83. The molecule has 3 heterocycles. The van der Waals surface area contributed by atoms with E-state index in [0.29, 0.717) is 12.1 Å². The molecule has 0 atom stereocenters. The lowest BCUT2D eigenvalue weighted by molar-refractivity contribution is 0.585. The summed E-state index contributed by atoms with van der Waals surface area (Å²) in [5.74, 6) is -0.217. The van der Waals surface area contributed by atoms with Gasteiger partial charge < -0.3 is 0 Å².